The molecule has 1 heterocycles. The largest absolute Gasteiger partial charge is 0.453 e. The maximum absolute atomic E-state index is 13.0. The highest BCUT2D eigenvalue weighted by Gasteiger charge is 2.29. The van der Waals surface area contributed by atoms with E-state index in [2.05, 4.69) is 16.1 Å². The molecule has 2 amide bonds. The highest BCUT2D eigenvalue weighted by Crippen LogP contribution is 2.32. The van der Waals surface area contributed by atoms with Crippen molar-refractivity contribution in [2.45, 2.75) is 32.4 Å². The number of carbonyl (C=O) groups is 2. The lowest BCUT2D eigenvalue weighted by molar-refractivity contribution is -0.133. The predicted octanol–water partition coefficient (Wildman–Crippen LogP) is 3.76. The second kappa shape index (κ2) is 8.97. The van der Waals surface area contributed by atoms with E-state index in [0.717, 1.165) is 16.7 Å². The summed E-state index contributed by atoms with van der Waals surface area (Å²) in [6.45, 7) is 2.93. The average molecular weight is 412 g/mol. The van der Waals surface area contributed by atoms with E-state index in [0.29, 0.717) is 35.7 Å². The summed E-state index contributed by atoms with van der Waals surface area (Å²) in [5.41, 5.74) is 4.22. The minimum atomic E-state index is -0.476. The number of nitriles is 1. The van der Waals surface area contributed by atoms with Crippen molar-refractivity contribution >= 4 is 23.6 Å². The van der Waals surface area contributed by atoms with E-state index in [1.165, 1.54) is 7.11 Å². The number of alkyl carbamates (subject to hydrolysis) is 1. The quantitative estimate of drug-likeness (QED) is 0.830. The number of benzene rings is 2. The molecule has 3 rings (SSSR count). The first-order chi connectivity index (χ1) is 14.0. The fourth-order valence-corrected chi connectivity index (χ4v) is 4.03. The minimum absolute atomic E-state index is 0.0640. The number of carbonyl (C=O) groups excluding carboxylic acids is 2. The number of hydrogen-bond donors (Lipinski definition) is 1. The van der Waals surface area contributed by atoms with Gasteiger partial charge in [-0.25, -0.2) is 4.79 Å². The summed E-state index contributed by atoms with van der Waals surface area (Å²) in [6, 6.07) is 13.0. The van der Waals surface area contributed by atoms with Gasteiger partial charge in [0.05, 0.1) is 31.2 Å². The van der Waals surface area contributed by atoms with Gasteiger partial charge in [-0.2, -0.15) is 5.26 Å². The van der Waals surface area contributed by atoms with Crippen molar-refractivity contribution in [2.75, 3.05) is 13.7 Å². The van der Waals surface area contributed by atoms with Gasteiger partial charge in [-0.3, -0.25) is 4.79 Å². The second-order valence-electron chi connectivity index (χ2n) is 6.90. The Morgan fingerprint density at radius 3 is 2.79 bits per heavy atom. The molecule has 0 saturated carbocycles. The average Bonchev–Trinajstić information content (AvgIpc) is 2.73. The van der Waals surface area contributed by atoms with Gasteiger partial charge < -0.3 is 15.0 Å². The third-order valence-corrected chi connectivity index (χ3v) is 5.68. The maximum atomic E-state index is 13.0. The summed E-state index contributed by atoms with van der Waals surface area (Å²) in [6.07, 6.45) is 0.306. The molecule has 0 aromatic heterocycles. The van der Waals surface area contributed by atoms with Gasteiger partial charge in [-0.15, -0.1) is 0 Å². The van der Waals surface area contributed by atoms with Crippen LogP contribution < -0.4 is 5.32 Å². The Hall–Kier alpha value is -3.04. The lowest BCUT2D eigenvalue weighted by Crippen LogP contribution is -2.40. The number of methoxy groups -OCH3 is 1. The van der Waals surface area contributed by atoms with Gasteiger partial charge >= 0.3 is 6.09 Å². The lowest BCUT2D eigenvalue weighted by atomic mass is 9.89. The third-order valence-electron chi connectivity index (χ3n) is 5.33. The van der Waals surface area contributed by atoms with Crippen LogP contribution in [-0.2, 0) is 28.9 Å². The summed E-state index contributed by atoms with van der Waals surface area (Å²) in [4.78, 5) is 26.2. The molecule has 0 spiro atoms. The molecule has 1 N–H and O–H groups in total. The van der Waals surface area contributed by atoms with Crippen molar-refractivity contribution in [3.05, 3.63) is 69.2 Å². The lowest BCUT2D eigenvalue weighted by Gasteiger charge is -2.36. The molecular weight excluding hydrogens is 390 g/mol. The molecule has 2 aromatic rings. The summed E-state index contributed by atoms with van der Waals surface area (Å²) in [7, 11) is 1.33. The Balaban J connectivity index is 1.80. The number of fused-ring (bicyclic) bond motifs is 1. The maximum Gasteiger partial charge on any atom is 0.407 e. The van der Waals surface area contributed by atoms with Crippen molar-refractivity contribution in [2.24, 2.45) is 0 Å². The van der Waals surface area contributed by atoms with Gasteiger partial charge in [0, 0.05) is 18.1 Å². The summed E-state index contributed by atoms with van der Waals surface area (Å²) < 4.78 is 4.63. The first-order valence-electron chi connectivity index (χ1n) is 9.35. The number of amides is 2. The molecule has 2 aromatic carbocycles. The molecule has 1 aliphatic heterocycles. The predicted molar refractivity (Wildman–Crippen MR) is 109 cm³/mol. The summed E-state index contributed by atoms with van der Waals surface area (Å²) in [5, 5.41) is 12.5. The van der Waals surface area contributed by atoms with E-state index in [4.69, 9.17) is 11.6 Å². The molecule has 7 heteroatoms. The zero-order valence-corrected chi connectivity index (χ0v) is 17.1. The van der Waals surface area contributed by atoms with Crippen LogP contribution in [0.5, 0.6) is 0 Å². The first-order valence-corrected chi connectivity index (χ1v) is 9.73. The topological polar surface area (TPSA) is 82.4 Å². The van der Waals surface area contributed by atoms with Gasteiger partial charge in [-0.1, -0.05) is 35.9 Å². The zero-order chi connectivity index (χ0) is 21.0. The zero-order valence-electron chi connectivity index (χ0n) is 16.4. The minimum Gasteiger partial charge on any atom is -0.453 e. The molecule has 0 saturated heterocycles. The van der Waals surface area contributed by atoms with Crippen molar-refractivity contribution in [3.8, 4) is 6.07 Å². The molecule has 0 bridgehead atoms. The molecule has 0 aliphatic carbocycles. The van der Waals surface area contributed by atoms with Gasteiger partial charge in [0.2, 0.25) is 5.91 Å². The van der Waals surface area contributed by atoms with E-state index in [9.17, 15) is 14.9 Å². The van der Waals surface area contributed by atoms with Gasteiger partial charge in [-0.05, 0) is 47.7 Å². The molecule has 0 radical (unpaired) electrons. The monoisotopic (exact) mass is 411 g/mol. The van der Waals surface area contributed by atoms with Crippen molar-refractivity contribution in [1.82, 2.24) is 10.2 Å². The second-order valence-corrected chi connectivity index (χ2v) is 7.30. The SMILES string of the molecule is COC(=O)NCc1cccc2c1CCN(C(=O)Cc1c(Cl)cccc1C#N)[C@H]2C. The Labute approximate surface area is 175 Å². The van der Waals surface area contributed by atoms with E-state index < -0.39 is 6.09 Å². The van der Waals surface area contributed by atoms with E-state index in [-0.39, 0.29) is 18.4 Å². The number of nitrogens with zero attached hydrogens (tertiary/aromatic N) is 2. The third kappa shape index (κ3) is 4.36. The van der Waals surface area contributed by atoms with Crippen LogP contribution in [0.2, 0.25) is 5.02 Å². The van der Waals surface area contributed by atoms with Gasteiger partial charge in [0.15, 0.2) is 0 Å². The number of nitrogens with one attached hydrogen (secondary N) is 1. The van der Waals surface area contributed by atoms with Crippen molar-refractivity contribution < 1.29 is 14.3 Å². The van der Waals surface area contributed by atoms with Crippen LogP contribution in [0, 0.1) is 11.3 Å². The Morgan fingerprint density at radius 1 is 1.31 bits per heavy atom. The Kier molecular flexibility index (Phi) is 6.40. The number of rotatable bonds is 4. The van der Waals surface area contributed by atoms with Crippen LogP contribution in [0.25, 0.3) is 0 Å². The number of hydrogen-bond acceptors (Lipinski definition) is 4. The van der Waals surface area contributed by atoms with E-state index in [1.54, 1.807) is 18.2 Å². The first kappa shape index (κ1) is 20.7. The van der Waals surface area contributed by atoms with Crippen LogP contribution in [0.4, 0.5) is 4.79 Å². The molecule has 29 heavy (non-hydrogen) atoms. The highest BCUT2D eigenvalue weighted by atomic mass is 35.5. The molecule has 0 unspecified atom stereocenters. The van der Waals surface area contributed by atoms with E-state index >= 15 is 0 Å². The van der Waals surface area contributed by atoms with Gasteiger partial charge in [0.1, 0.15) is 0 Å². The normalized spacial score (nSPS) is 15.2. The number of ether oxygens (including phenoxy) is 1. The van der Waals surface area contributed by atoms with Gasteiger partial charge in [0.25, 0.3) is 0 Å². The molecule has 6 nitrogen and oxygen atoms in total. The fraction of sp³-hybridized carbons (Fsp3) is 0.318. The van der Waals surface area contributed by atoms with E-state index in [1.807, 2.05) is 30.0 Å². The smallest absolute Gasteiger partial charge is 0.407 e. The molecule has 0 fully saturated rings. The molecule has 1 atom stereocenters. The summed E-state index contributed by atoms with van der Waals surface area (Å²) >= 11 is 6.24. The molecule has 1 aliphatic rings. The van der Waals surface area contributed by atoms with Crippen LogP contribution in [0.3, 0.4) is 0 Å². The Morgan fingerprint density at radius 2 is 2.07 bits per heavy atom. The van der Waals surface area contributed by atoms with Crippen LogP contribution in [0.15, 0.2) is 36.4 Å². The molecular formula is C22H22ClN3O3. The highest BCUT2D eigenvalue weighted by molar-refractivity contribution is 6.31. The standard InChI is InChI=1S/C22H22ClN3O3/c1-14-17-7-3-6-16(13-25-22(28)29-2)18(17)9-10-26(14)21(27)11-19-15(12-24)5-4-8-20(19)23/h3-8,14H,9-11,13H2,1-2H3,(H,25,28)/t14-/m0/s1. The Bertz CT molecular complexity index is 984. The van der Waals surface area contributed by atoms with Crippen molar-refractivity contribution in [1.29, 1.82) is 5.26 Å². The fourth-order valence-electron chi connectivity index (χ4n) is 3.79. The van der Waals surface area contributed by atoms with Crippen molar-refractivity contribution in [3.63, 3.8) is 0 Å². The summed E-state index contributed by atoms with van der Waals surface area (Å²) in [5.74, 6) is -0.0640. The molecule has 150 valence electrons. The van der Waals surface area contributed by atoms with Crippen LogP contribution in [0.1, 0.15) is 40.8 Å². The van der Waals surface area contributed by atoms with Crippen LogP contribution >= 0.6 is 11.6 Å². The van der Waals surface area contributed by atoms with Crippen LogP contribution in [-0.4, -0.2) is 30.6 Å². The number of halogens is 1.